The molecule has 0 aliphatic carbocycles. The van der Waals surface area contributed by atoms with Crippen LogP contribution in [0.1, 0.15) is 40.6 Å². The summed E-state index contributed by atoms with van der Waals surface area (Å²) in [5.74, 6) is 1.44. The smallest absolute Gasteiger partial charge is 0.272 e. The number of hydrogen-bond donors (Lipinski definition) is 1. The number of piperidine rings is 1. The maximum atomic E-state index is 12.5. The molecule has 5 heteroatoms. The lowest BCUT2D eigenvalue weighted by atomic mass is 9.96. The lowest BCUT2D eigenvalue weighted by molar-refractivity contribution is 0.0705. The van der Waals surface area contributed by atoms with Gasteiger partial charge in [-0.25, -0.2) is 4.98 Å². The number of aromatic amines is 1. The van der Waals surface area contributed by atoms with Crippen LogP contribution in [0.2, 0.25) is 0 Å². The van der Waals surface area contributed by atoms with Gasteiger partial charge in [0.1, 0.15) is 11.5 Å². The summed E-state index contributed by atoms with van der Waals surface area (Å²) in [6.07, 6.45) is 3.52. The van der Waals surface area contributed by atoms with Crippen LogP contribution in [0.5, 0.6) is 0 Å². The monoisotopic (exact) mass is 320 g/mol. The van der Waals surface area contributed by atoms with Crippen molar-refractivity contribution in [1.82, 2.24) is 19.9 Å². The van der Waals surface area contributed by atoms with Gasteiger partial charge in [-0.1, -0.05) is 12.1 Å². The molecular weight excluding hydrogens is 300 g/mol. The molecule has 1 N–H and O–H groups in total. The van der Waals surface area contributed by atoms with Gasteiger partial charge in [0.05, 0.1) is 11.0 Å². The van der Waals surface area contributed by atoms with E-state index in [0.717, 1.165) is 42.8 Å². The van der Waals surface area contributed by atoms with Gasteiger partial charge in [-0.3, -0.25) is 9.78 Å². The molecule has 0 atom stereocenters. The van der Waals surface area contributed by atoms with Crippen LogP contribution >= 0.6 is 0 Å². The van der Waals surface area contributed by atoms with Crippen molar-refractivity contribution in [2.24, 2.45) is 0 Å². The van der Waals surface area contributed by atoms with E-state index in [9.17, 15) is 4.79 Å². The van der Waals surface area contributed by atoms with Crippen LogP contribution in [0, 0.1) is 6.92 Å². The van der Waals surface area contributed by atoms with Gasteiger partial charge < -0.3 is 9.88 Å². The van der Waals surface area contributed by atoms with Crippen molar-refractivity contribution in [2.45, 2.75) is 25.7 Å². The van der Waals surface area contributed by atoms with Crippen molar-refractivity contribution < 1.29 is 4.79 Å². The Labute approximate surface area is 140 Å². The van der Waals surface area contributed by atoms with Gasteiger partial charge in [0.2, 0.25) is 0 Å². The first-order valence-electron chi connectivity index (χ1n) is 8.37. The number of pyridine rings is 1. The average Bonchev–Trinajstić information content (AvgIpc) is 3.05. The molecule has 0 saturated carbocycles. The number of rotatable bonds is 2. The predicted octanol–water partition coefficient (Wildman–Crippen LogP) is 3.29. The standard InChI is InChI=1S/C19H20N4O/c1-13-5-6-15-17(12-13)22-18(21-15)14-7-10-23(11-8-14)19(24)16-4-2-3-9-20-16/h2-6,9,12,14H,7-8,10-11H2,1H3,(H,21,22). The Morgan fingerprint density at radius 1 is 1.21 bits per heavy atom. The second kappa shape index (κ2) is 6.07. The summed E-state index contributed by atoms with van der Waals surface area (Å²) in [5, 5.41) is 0. The van der Waals surface area contributed by atoms with Crippen molar-refractivity contribution in [3.8, 4) is 0 Å². The minimum atomic E-state index is 0.0225. The summed E-state index contributed by atoms with van der Waals surface area (Å²) >= 11 is 0. The highest BCUT2D eigenvalue weighted by Gasteiger charge is 2.26. The van der Waals surface area contributed by atoms with Gasteiger partial charge in [-0.05, 0) is 49.6 Å². The SMILES string of the molecule is Cc1ccc2nc(C3CCN(C(=O)c4ccccn4)CC3)[nH]c2c1. The molecule has 1 aliphatic rings. The van der Waals surface area contributed by atoms with E-state index < -0.39 is 0 Å². The molecule has 1 aromatic carbocycles. The zero-order chi connectivity index (χ0) is 16.5. The van der Waals surface area contributed by atoms with Crippen molar-refractivity contribution >= 4 is 16.9 Å². The van der Waals surface area contributed by atoms with Crippen molar-refractivity contribution in [3.63, 3.8) is 0 Å². The molecule has 122 valence electrons. The van der Waals surface area contributed by atoms with Gasteiger partial charge in [0.25, 0.3) is 5.91 Å². The molecule has 0 radical (unpaired) electrons. The second-order valence-corrected chi connectivity index (χ2v) is 6.42. The molecule has 3 heterocycles. The number of nitrogens with zero attached hydrogens (tertiary/aromatic N) is 3. The first-order chi connectivity index (χ1) is 11.7. The zero-order valence-electron chi connectivity index (χ0n) is 13.7. The van der Waals surface area contributed by atoms with E-state index in [1.54, 1.807) is 12.3 Å². The summed E-state index contributed by atoms with van der Waals surface area (Å²) in [6, 6.07) is 11.7. The molecule has 24 heavy (non-hydrogen) atoms. The number of fused-ring (bicyclic) bond motifs is 1. The highest BCUT2D eigenvalue weighted by Crippen LogP contribution is 2.28. The van der Waals surface area contributed by atoms with Crippen molar-refractivity contribution in [2.75, 3.05) is 13.1 Å². The second-order valence-electron chi connectivity index (χ2n) is 6.42. The summed E-state index contributed by atoms with van der Waals surface area (Å²) < 4.78 is 0. The predicted molar refractivity (Wildman–Crippen MR) is 92.9 cm³/mol. The number of imidazole rings is 1. The van der Waals surface area contributed by atoms with E-state index in [1.807, 2.05) is 17.0 Å². The number of hydrogen-bond acceptors (Lipinski definition) is 3. The van der Waals surface area contributed by atoms with E-state index >= 15 is 0 Å². The number of nitrogens with one attached hydrogen (secondary N) is 1. The Bertz CT molecular complexity index is 863. The minimum absolute atomic E-state index is 0.0225. The lowest BCUT2D eigenvalue weighted by Gasteiger charge is -2.30. The third-order valence-electron chi connectivity index (χ3n) is 4.71. The first-order valence-corrected chi connectivity index (χ1v) is 8.37. The van der Waals surface area contributed by atoms with Crippen LogP contribution in [-0.2, 0) is 0 Å². The lowest BCUT2D eigenvalue weighted by Crippen LogP contribution is -2.38. The van der Waals surface area contributed by atoms with E-state index in [-0.39, 0.29) is 5.91 Å². The molecule has 0 unspecified atom stereocenters. The Morgan fingerprint density at radius 2 is 2.04 bits per heavy atom. The van der Waals surface area contributed by atoms with Crippen LogP contribution in [0.25, 0.3) is 11.0 Å². The third-order valence-corrected chi connectivity index (χ3v) is 4.71. The maximum Gasteiger partial charge on any atom is 0.272 e. The number of likely N-dealkylation sites (tertiary alicyclic amines) is 1. The molecule has 4 rings (SSSR count). The van der Waals surface area contributed by atoms with E-state index in [2.05, 4.69) is 35.1 Å². The number of carbonyl (C=O) groups is 1. The molecule has 5 nitrogen and oxygen atoms in total. The van der Waals surface area contributed by atoms with E-state index in [4.69, 9.17) is 4.98 Å². The Hall–Kier alpha value is -2.69. The van der Waals surface area contributed by atoms with Crippen LogP contribution in [0.15, 0.2) is 42.6 Å². The van der Waals surface area contributed by atoms with Gasteiger partial charge in [-0.15, -0.1) is 0 Å². The molecule has 1 fully saturated rings. The number of aryl methyl sites for hydroxylation is 1. The summed E-state index contributed by atoms with van der Waals surface area (Å²) in [4.78, 5) is 26.7. The molecule has 2 aromatic heterocycles. The highest BCUT2D eigenvalue weighted by molar-refractivity contribution is 5.92. The topological polar surface area (TPSA) is 61.9 Å². The molecule has 0 spiro atoms. The van der Waals surface area contributed by atoms with Gasteiger partial charge >= 0.3 is 0 Å². The van der Waals surface area contributed by atoms with Crippen molar-refractivity contribution in [3.05, 3.63) is 59.7 Å². The van der Waals surface area contributed by atoms with Gasteiger partial charge in [-0.2, -0.15) is 0 Å². The highest BCUT2D eigenvalue weighted by atomic mass is 16.2. The summed E-state index contributed by atoms with van der Waals surface area (Å²) in [5.41, 5.74) is 3.86. The number of aromatic nitrogens is 3. The summed E-state index contributed by atoms with van der Waals surface area (Å²) in [7, 11) is 0. The van der Waals surface area contributed by atoms with E-state index in [1.165, 1.54) is 5.56 Å². The third kappa shape index (κ3) is 2.77. The maximum absolute atomic E-state index is 12.5. The Morgan fingerprint density at radius 3 is 2.79 bits per heavy atom. The number of H-pyrrole nitrogens is 1. The van der Waals surface area contributed by atoms with Crippen LogP contribution in [0.4, 0.5) is 0 Å². The number of benzene rings is 1. The average molecular weight is 320 g/mol. The minimum Gasteiger partial charge on any atom is -0.342 e. The van der Waals surface area contributed by atoms with Crippen LogP contribution < -0.4 is 0 Å². The van der Waals surface area contributed by atoms with E-state index in [0.29, 0.717) is 11.6 Å². The zero-order valence-corrected chi connectivity index (χ0v) is 13.7. The van der Waals surface area contributed by atoms with Crippen LogP contribution in [-0.4, -0.2) is 38.8 Å². The molecule has 1 saturated heterocycles. The van der Waals surface area contributed by atoms with Crippen molar-refractivity contribution in [1.29, 1.82) is 0 Å². The normalized spacial score (nSPS) is 15.8. The fourth-order valence-corrected chi connectivity index (χ4v) is 3.34. The number of carbonyl (C=O) groups excluding carboxylic acids is 1. The molecule has 0 bridgehead atoms. The molecule has 3 aromatic rings. The van der Waals surface area contributed by atoms with Crippen LogP contribution in [0.3, 0.4) is 0 Å². The molecule has 1 amide bonds. The Kier molecular flexibility index (Phi) is 3.76. The molecular formula is C19H20N4O. The quantitative estimate of drug-likeness (QED) is 0.788. The first kappa shape index (κ1) is 14.9. The molecule has 1 aliphatic heterocycles. The fourth-order valence-electron chi connectivity index (χ4n) is 3.34. The number of amides is 1. The fraction of sp³-hybridized carbons (Fsp3) is 0.316. The Balaban J connectivity index is 1.46. The van der Waals surface area contributed by atoms with Gasteiger partial charge in [0.15, 0.2) is 0 Å². The summed E-state index contributed by atoms with van der Waals surface area (Å²) in [6.45, 7) is 3.58. The largest absolute Gasteiger partial charge is 0.342 e. The van der Waals surface area contributed by atoms with Gasteiger partial charge in [0, 0.05) is 25.2 Å².